The summed E-state index contributed by atoms with van der Waals surface area (Å²) in [6.07, 6.45) is 3.88. The minimum absolute atomic E-state index is 0.241. The summed E-state index contributed by atoms with van der Waals surface area (Å²) < 4.78 is 11.2. The van der Waals surface area contributed by atoms with Crippen LogP contribution >= 0.6 is 23.2 Å². The van der Waals surface area contributed by atoms with Gasteiger partial charge in [-0.15, -0.1) is 0 Å². The van der Waals surface area contributed by atoms with Crippen LogP contribution in [0, 0.1) is 0 Å². The van der Waals surface area contributed by atoms with Crippen molar-refractivity contribution in [1.29, 1.82) is 0 Å². The first kappa shape index (κ1) is 18.3. The van der Waals surface area contributed by atoms with Gasteiger partial charge in [0.05, 0.1) is 10.6 Å². The fourth-order valence-electron chi connectivity index (χ4n) is 3.50. The molecule has 0 aliphatic heterocycles. The molecule has 0 spiro atoms. The smallest absolute Gasteiger partial charge is 0.131 e. The molecule has 1 saturated carbocycles. The number of hydrogen-bond acceptors (Lipinski definition) is 4. The number of fused-ring (bicyclic) bond motifs is 1. The predicted octanol–water partition coefficient (Wildman–Crippen LogP) is 6.96. The third kappa shape index (κ3) is 3.66. The van der Waals surface area contributed by atoms with Gasteiger partial charge in [0, 0.05) is 10.6 Å². The van der Waals surface area contributed by atoms with Crippen LogP contribution in [0.4, 0.5) is 0 Å². The number of halogens is 2. The van der Waals surface area contributed by atoms with Gasteiger partial charge in [-0.1, -0.05) is 40.5 Å². The fraction of sp³-hybridized carbons (Fsp3) is 0.174. The number of rotatable bonds is 5. The molecule has 5 rings (SSSR count). The molecule has 4 nitrogen and oxygen atoms in total. The van der Waals surface area contributed by atoms with Crippen molar-refractivity contribution in [3.05, 3.63) is 76.0 Å². The van der Waals surface area contributed by atoms with Crippen LogP contribution in [0.1, 0.15) is 29.9 Å². The molecule has 0 radical (unpaired) electrons. The molecule has 0 unspecified atom stereocenters. The first-order valence-electron chi connectivity index (χ1n) is 9.36. The molecule has 1 aromatic heterocycles. The molecule has 0 amide bonds. The van der Waals surface area contributed by atoms with Crippen LogP contribution in [0.3, 0.4) is 0 Å². The Labute approximate surface area is 177 Å². The van der Waals surface area contributed by atoms with Gasteiger partial charge in [0.15, 0.2) is 0 Å². The van der Waals surface area contributed by atoms with Crippen LogP contribution in [-0.4, -0.2) is 10.3 Å². The Bertz CT molecular complexity index is 1210. The summed E-state index contributed by atoms with van der Waals surface area (Å²) in [5.74, 6) is 1.46. The molecule has 146 valence electrons. The number of nitrogens with zero attached hydrogens (tertiary/aromatic N) is 1. The third-order valence-electron chi connectivity index (χ3n) is 5.19. The van der Waals surface area contributed by atoms with E-state index in [2.05, 4.69) is 5.16 Å². The van der Waals surface area contributed by atoms with Crippen molar-refractivity contribution in [1.82, 2.24) is 5.16 Å². The highest BCUT2D eigenvalue weighted by molar-refractivity contribution is 6.36. The van der Waals surface area contributed by atoms with E-state index in [1.54, 1.807) is 24.5 Å². The summed E-state index contributed by atoms with van der Waals surface area (Å²) in [7, 11) is 0. The van der Waals surface area contributed by atoms with E-state index in [1.807, 2.05) is 30.3 Å². The average molecular weight is 426 g/mol. The molecular weight excluding hydrogens is 409 g/mol. The lowest BCUT2D eigenvalue weighted by Gasteiger charge is -2.10. The van der Waals surface area contributed by atoms with E-state index in [0.717, 1.165) is 46.1 Å². The monoisotopic (exact) mass is 425 g/mol. The lowest BCUT2D eigenvalue weighted by Crippen LogP contribution is -1.97. The fourth-order valence-corrected chi connectivity index (χ4v) is 4.13. The molecule has 3 aromatic carbocycles. The van der Waals surface area contributed by atoms with Gasteiger partial charge in [0.2, 0.25) is 0 Å². The van der Waals surface area contributed by atoms with Crippen LogP contribution in [0.2, 0.25) is 10.0 Å². The quantitative estimate of drug-likeness (QED) is 0.375. The molecule has 0 saturated heterocycles. The first-order chi connectivity index (χ1) is 14.1. The zero-order valence-electron chi connectivity index (χ0n) is 15.4. The van der Waals surface area contributed by atoms with Crippen LogP contribution in [0.5, 0.6) is 11.5 Å². The zero-order chi connectivity index (χ0) is 20.0. The van der Waals surface area contributed by atoms with E-state index in [1.165, 1.54) is 0 Å². The summed E-state index contributed by atoms with van der Waals surface area (Å²) in [6, 6.07) is 14.8. The van der Waals surface area contributed by atoms with Gasteiger partial charge >= 0.3 is 0 Å². The van der Waals surface area contributed by atoms with Gasteiger partial charge in [0.1, 0.15) is 30.1 Å². The second-order valence-corrected chi connectivity index (χ2v) is 8.11. The molecule has 1 aliphatic rings. The molecule has 0 bridgehead atoms. The van der Waals surface area contributed by atoms with Crippen LogP contribution in [0.15, 0.2) is 59.3 Å². The van der Waals surface area contributed by atoms with E-state index in [4.69, 9.17) is 32.5 Å². The minimum Gasteiger partial charge on any atom is -0.508 e. The largest absolute Gasteiger partial charge is 0.508 e. The molecule has 1 heterocycles. The Morgan fingerprint density at radius 1 is 1.00 bits per heavy atom. The Hall–Kier alpha value is -2.69. The Kier molecular flexibility index (Phi) is 4.61. The lowest BCUT2D eigenvalue weighted by atomic mass is 10.0. The summed E-state index contributed by atoms with van der Waals surface area (Å²) >= 11 is 12.8. The number of benzene rings is 3. The highest BCUT2D eigenvalue weighted by Gasteiger charge is 2.27. The molecule has 29 heavy (non-hydrogen) atoms. The topological polar surface area (TPSA) is 55.5 Å². The van der Waals surface area contributed by atoms with E-state index < -0.39 is 0 Å². The van der Waals surface area contributed by atoms with Gasteiger partial charge in [-0.25, -0.2) is 0 Å². The number of hydrogen-bond donors (Lipinski definition) is 1. The molecule has 1 N–H and O–H groups in total. The van der Waals surface area contributed by atoms with Crippen LogP contribution in [-0.2, 0) is 6.61 Å². The molecule has 1 fully saturated rings. The van der Waals surface area contributed by atoms with Gasteiger partial charge < -0.3 is 14.4 Å². The molecule has 1 aliphatic carbocycles. The Morgan fingerprint density at radius 3 is 2.62 bits per heavy atom. The van der Waals surface area contributed by atoms with Crippen molar-refractivity contribution in [2.45, 2.75) is 25.4 Å². The third-order valence-corrected chi connectivity index (χ3v) is 5.83. The van der Waals surface area contributed by atoms with Crippen molar-refractivity contribution in [2.75, 3.05) is 0 Å². The van der Waals surface area contributed by atoms with E-state index in [9.17, 15) is 5.11 Å². The predicted molar refractivity (Wildman–Crippen MR) is 114 cm³/mol. The van der Waals surface area contributed by atoms with Crippen molar-refractivity contribution in [2.24, 2.45) is 0 Å². The van der Waals surface area contributed by atoms with Crippen molar-refractivity contribution < 1.29 is 14.4 Å². The zero-order valence-corrected chi connectivity index (χ0v) is 16.9. The first-order valence-corrected chi connectivity index (χ1v) is 10.1. The van der Waals surface area contributed by atoms with Gasteiger partial charge in [0.25, 0.3) is 0 Å². The van der Waals surface area contributed by atoms with Crippen molar-refractivity contribution in [3.63, 3.8) is 0 Å². The SMILES string of the molecule is Oc1ccc2cc(OCc3conc3-c3cc(C4CC4)c(Cl)cc3Cl)ccc2c1. The molecular formula is C23H17Cl2NO3. The van der Waals surface area contributed by atoms with Crippen LogP contribution in [0.25, 0.3) is 22.0 Å². The summed E-state index contributed by atoms with van der Waals surface area (Å²) in [6.45, 7) is 0.292. The Balaban J connectivity index is 1.41. The maximum atomic E-state index is 9.60. The molecule has 6 heteroatoms. The second-order valence-electron chi connectivity index (χ2n) is 7.30. The number of aromatic hydroxyl groups is 1. The number of ether oxygens (including phenoxy) is 1. The van der Waals surface area contributed by atoms with Gasteiger partial charge in [-0.2, -0.15) is 0 Å². The summed E-state index contributed by atoms with van der Waals surface area (Å²) in [5, 5.41) is 16.9. The minimum atomic E-state index is 0.241. The maximum absolute atomic E-state index is 9.60. The number of aromatic nitrogens is 1. The molecule has 4 aromatic rings. The normalized spacial score (nSPS) is 13.7. The van der Waals surface area contributed by atoms with E-state index in [0.29, 0.717) is 28.3 Å². The van der Waals surface area contributed by atoms with E-state index >= 15 is 0 Å². The standard InChI is InChI=1S/C23H17Cl2NO3/c24-21-10-22(25)20(9-19(21)13-1-2-13)23-16(12-29-26-23)11-28-18-6-4-14-7-17(27)5-3-15(14)8-18/h3-10,12-13,27H,1-2,11H2. The van der Waals surface area contributed by atoms with Crippen LogP contribution < -0.4 is 4.74 Å². The summed E-state index contributed by atoms with van der Waals surface area (Å²) in [4.78, 5) is 0. The lowest BCUT2D eigenvalue weighted by molar-refractivity contribution is 0.305. The van der Waals surface area contributed by atoms with Crippen molar-refractivity contribution in [3.8, 4) is 22.8 Å². The highest BCUT2D eigenvalue weighted by atomic mass is 35.5. The van der Waals surface area contributed by atoms with Gasteiger partial charge in [-0.3, -0.25) is 0 Å². The molecule has 0 atom stereocenters. The average Bonchev–Trinajstić information content (AvgIpc) is 3.44. The summed E-state index contributed by atoms with van der Waals surface area (Å²) in [5.41, 5.74) is 3.39. The maximum Gasteiger partial charge on any atom is 0.131 e. The van der Waals surface area contributed by atoms with Gasteiger partial charge in [-0.05, 0) is 71.5 Å². The second kappa shape index (κ2) is 7.29. The van der Waals surface area contributed by atoms with Crippen molar-refractivity contribution >= 4 is 34.0 Å². The number of phenolic OH excluding ortho intramolecular Hbond substituents is 1. The number of phenols is 1. The highest BCUT2D eigenvalue weighted by Crippen LogP contribution is 2.46. The van der Waals surface area contributed by atoms with E-state index in [-0.39, 0.29) is 5.75 Å². The Morgan fingerprint density at radius 2 is 1.79 bits per heavy atom.